The minimum Gasteiger partial charge on any atom is -0.450 e. The summed E-state index contributed by atoms with van der Waals surface area (Å²) in [6.45, 7) is 3.65. The first kappa shape index (κ1) is 21.6. The number of hydrogen-bond acceptors (Lipinski definition) is 5. The van der Waals surface area contributed by atoms with Gasteiger partial charge >= 0.3 is 11.9 Å². The number of alkyl halides is 3. The van der Waals surface area contributed by atoms with E-state index in [1.807, 2.05) is 0 Å². The summed E-state index contributed by atoms with van der Waals surface area (Å²) in [5, 5.41) is 11.4. The molecule has 0 aromatic heterocycles. The first-order chi connectivity index (χ1) is 13.0. The lowest BCUT2D eigenvalue weighted by atomic mass is 10.2. The second-order valence-corrected chi connectivity index (χ2v) is 7.54. The first-order valence-corrected chi connectivity index (χ1v) is 9.58. The number of nitrogens with zero attached hydrogens (tertiary/aromatic N) is 2. The monoisotopic (exact) mass is 418 g/mol. The lowest BCUT2D eigenvalue weighted by molar-refractivity contribution is -0.385. The van der Waals surface area contributed by atoms with Gasteiger partial charge in [0.15, 0.2) is 0 Å². The Morgan fingerprint density at radius 1 is 1.07 bits per heavy atom. The summed E-state index contributed by atoms with van der Waals surface area (Å²) in [4.78, 5) is 10.3. The van der Waals surface area contributed by atoms with E-state index in [-0.39, 0.29) is 29.5 Å². The standard InChI is InChI=1S/C17H17F3N2O5S/c1-3-21(4-2)28(25,26)14-9-10-16(15(11-14)22(23)24)27-13-7-5-12(6-8-13)17(18,19)20/h5-11H,3-4H2,1-2H3. The van der Waals surface area contributed by atoms with Gasteiger partial charge in [0.05, 0.1) is 15.4 Å². The number of rotatable bonds is 7. The van der Waals surface area contributed by atoms with E-state index < -0.39 is 32.4 Å². The first-order valence-electron chi connectivity index (χ1n) is 8.14. The molecule has 0 aliphatic heterocycles. The molecule has 0 unspecified atom stereocenters. The van der Waals surface area contributed by atoms with Crippen LogP contribution in [0.4, 0.5) is 18.9 Å². The maximum atomic E-state index is 12.6. The molecule has 28 heavy (non-hydrogen) atoms. The van der Waals surface area contributed by atoms with Crippen molar-refractivity contribution in [1.82, 2.24) is 4.31 Å². The van der Waals surface area contributed by atoms with Crippen LogP contribution in [0.1, 0.15) is 19.4 Å². The highest BCUT2D eigenvalue weighted by molar-refractivity contribution is 7.89. The fraction of sp³-hybridized carbons (Fsp3) is 0.294. The van der Waals surface area contributed by atoms with Gasteiger partial charge in [0.25, 0.3) is 0 Å². The molecule has 0 saturated carbocycles. The van der Waals surface area contributed by atoms with Crippen LogP contribution in [0.25, 0.3) is 0 Å². The number of sulfonamides is 1. The predicted octanol–water partition coefficient (Wildman–Crippen LogP) is 4.44. The zero-order chi connectivity index (χ0) is 21.1. The normalized spacial score (nSPS) is 12.2. The molecule has 7 nitrogen and oxygen atoms in total. The van der Waals surface area contributed by atoms with Crippen LogP contribution in [0.5, 0.6) is 11.5 Å². The summed E-state index contributed by atoms with van der Waals surface area (Å²) in [7, 11) is -3.92. The number of halogens is 3. The Labute approximate surface area is 159 Å². The van der Waals surface area contributed by atoms with Gasteiger partial charge in [0.1, 0.15) is 5.75 Å². The summed E-state index contributed by atoms with van der Waals surface area (Å²) >= 11 is 0. The average molecular weight is 418 g/mol. The van der Waals surface area contributed by atoms with Crippen LogP contribution in [0.2, 0.25) is 0 Å². The van der Waals surface area contributed by atoms with Crippen LogP contribution < -0.4 is 4.74 Å². The Kier molecular flexibility index (Phi) is 6.30. The average Bonchev–Trinajstić information content (AvgIpc) is 2.62. The maximum Gasteiger partial charge on any atom is 0.416 e. The van der Waals surface area contributed by atoms with Crippen molar-refractivity contribution in [2.45, 2.75) is 24.9 Å². The molecule has 0 fully saturated rings. The van der Waals surface area contributed by atoms with Crippen LogP contribution in [0.3, 0.4) is 0 Å². The molecule has 152 valence electrons. The van der Waals surface area contributed by atoms with E-state index in [9.17, 15) is 31.7 Å². The molecular weight excluding hydrogens is 401 g/mol. The lowest BCUT2D eigenvalue weighted by Gasteiger charge is -2.18. The second kappa shape index (κ2) is 8.15. The van der Waals surface area contributed by atoms with Crippen molar-refractivity contribution in [1.29, 1.82) is 0 Å². The third-order valence-corrected chi connectivity index (χ3v) is 5.93. The van der Waals surface area contributed by atoms with Crippen molar-refractivity contribution in [2.24, 2.45) is 0 Å². The van der Waals surface area contributed by atoms with Gasteiger partial charge in [-0.15, -0.1) is 0 Å². The fourth-order valence-electron chi connectivity index (χ4n) is 2.44. The van der Waals surface area contributed by atoms with E-state index in [0.717, 1.165) is 46.8 Å². The van der Waals surface area contributed by atoms with Crippen molar-refractivity contribution < 1.29 is 31.2 Å². The maximum absolute atomic E-state index is 12.6. The lowest BCUT2D eigenvalue weighted by Crippen LogP contribution is -2.30. The van der Waals surface area contributed by atoms with Crippen molar-refractivity contribution in [2.75, 3.05) is 13.1 Å². The van der Waals surface area contributed by atoms with E-state index in [1.165, 1.54) is 0 Å². The van der Waals surface area contributed by atoms with Crippen molar-refractivity contribution >= 4 is 15.7 Å². The predicted molar refractivity (Wildman–Crippen MR) is 94.7 cm³/mol. The van der Waals surface area contributed by atoms with Crippen LogP contribution in [0, 0.1) is 10.1 Å². The smallest absolute Gasteiger partial charge is 0.416 e. The Hall–Kier alpha value is -2.66. The zero-order valence-electron chi connectivity index (χ0n) is 14.9. The van der Waals surface area contributed by atoms with Crippen LogP contribution >= 0.6 is 0 Å². The highest BCUT2D eigenvalue weighted by atomic mass is 32.2. The molecule has 0 aliphatic rings. The third kappa shape index (κ3) is 4.60. The molecular formula is C17H17F3N2O5S. The number of nitro groups is 1. The molecule has 0 heterocycles. The molecule has 0 aliphatic carbocycles. The van der Waals surface area contributed by atoms with Gasteiger partial charge in [-0.05, 0) is 36.4 Å². The van der Waals surface area contributed by atoms with Gasteiger partial charge in [-0.2, -0.15) is 17.5 Å². The van der Waals surface area contributed by atoms with E-state index in [1.54, 1.807) is 13.8 Å². The molecule has 0 saturated heterocycles. The van der Waals surface area contributed by atoms with E-state index >= 15 is 0 Å². The minimum absolute atomic E-state index is 0.0598. The molecule has 0 bridgehead atoms. The van der Waals surface area contributed by atoms with Gasteiger partial charge in [0.2, 0.25) is 15.8 Å². The van der Waals surface area contributed by atoms with Gasteiger partial charge in [-0.1, -0.05) is 13.8 Å². The molecule has 2 aromatic carbocycles. The molecule has 11 heteroatoms. The van der Waals surface area contributed by atoms with Crippen LogP contribution in [-0.4, -0.2) is 30.7 Å². The quantitative estimate of drug-likeness (QED) is 0.490. The number of nitro benzene ring substituents is 1. The van der Waals surface area contributed by atoms with Gasteiger partial charge < -0.3 is 4.74 Å². The molecule has 2 aromatic rings. The van der Waals surface area contributed by atoms with Gasteiger partial charge in [-0.25, -0.2) is 8.42 Å². The highest BCUT2D eigenvalue weighted by Gasteiger charge is 2.30. The Balaban J connectivity index is 2.40. The fourth-order valence-corrected chi connectivity index (χ4v) is 3.92. The largest absolute Gasteiger partial charge is 0.450 e. The van der Waals surface area contributed by atoms with E-state index in [4.69, 9.17) is 4.74 Å². The van der Waals surface area contributed by atoms with E-state index in [2.05, 4.69) is 0 Å². The van der Waals surface area contributed by atoms with Crippen LogP contribution in [-0.2, 0) is 16.2 Å². The Morgan fingerprint density at radius 3 is 2.11 bits per heavy atom. The Morgan fingerprint density at radius 2 is 1.64 bits per heavy atom. The third-order valence-electron chi connectivity index (χ3n) is 3.88. The topological polar surface area (TPSA) is 89.8 Å². The molecule has 0 radical (unpaired) electrons. The second-order valence-electron chi connectivity index (χ2n) is 5.60. The van der Waals surface area contributed by atoms with Crippen molar-refractivity contribution in [3.63, 3.8) is 0 Å². The summed E-state index contributed by atoms with van der Waals surface area (Å²) in [6.07, 6.45) is -4.52. The number of ether oxygens (including phenoxy) is 1. The molecule has 0 N–H and O–H groups in total. The summed E-state index contributed by atoms with van der Waals surface area (Å²) < 4.78 is 69.3. The molecule has 0 amide bonds. The van der Waals surface area contributed by atoms with Crippen LogP contribution in [0.15, 0.2) is 47.4 Å². The molecule has 0 spiro atoms. The highest BCUT2D eigenvalue weighted by Crippen LogP contribution is 2.35. The SMILES string of the molecule is CCN(CC)S(=O)(=O)c1ccc(Oc2ccc(C(F)(F)F)cc2)c([N+](=O)[O-])c1. The minimum atomic E-state index is -4.52. The van der Waals surface area contributed by atoms with Gasteiger partial charge in [0, 0.05) is 19.2 Å². The summed E-state index contributed by atoms with van der Waals surface area (Å²) in [5.74, 6) is -0.348. The molecule has 2 rings (SSSR count). The number of benzene rings is 2. The molecule has 0 atom stereocenters. The van der Waals surface area contributed by atoms with E-state index in [0.29, 0.717) is 0 Å². The van der Waals surface area contributed by atoms with Crippen molar-refractivity contribution in [3.05, 3.63) is 58.1 Å². The van der Waals surface area contributed by atoms with Crippen molar-refractivity contribution in [3.8, 4) is 11.5 Å². The number of hydrogen-bond donors (Lipinski definition) is 0. The summed E-state index contributed by atoms with van der Waals surface area (Å²) in [5.41, 5.74) is -1.51. The summed E-state index contributed by atoms with van der Waals surface area (Å²) in [6, 6.07) is 6.72. The zero-order valence-corrected chi connectivity index (χ0v) is 15.7. The van der Waals surface area contributed by atoms with Gasteiger partial charge in [-0.3, -0.25) is 10.1 Å². The Bertz CT molecular complexity index is 956.